The highest BCUT2D eigenvalue weighted by Gasteiger charge is 2.27. The lowest BCUT2D eigenvalue weighted by Crippen LogP contribution is -2.42. The van der Waals surface area contributed by atoms with Crippen LogP contribution in [-0.2, 0) is 11.3 Å². The van der Waals surface area contributed by atoms with Gasteiger partial charge in [-0.25, -0.2) is 0 Å². The van der Waals surface area contributed by atoms with Crippen LogP contribution in [0, 0.1) is 5.92 Å². The maximum atomic E-state index is 12.5. The average molecular weight is 366 g/mol. The van der Waals surface area contributed by atoms with Gasteiger partial charge in [0, 0.05) is 31.1 Å². The van der Waals surface area contributed by atoms with Crippen molar-refractivity contribution in [1.82, 2.24) is 10.2 Å². The number of hydrogen-bond acceptors (Lipinski definition) is 4. The number of nitrogens with zero attached hydrogens (tertiary/aromatic N) is 1. The number of hydrogen-bond donors (Lipinski definition) is 1. The number of piperidine rings is 1. The third-order valence-corrected chi connectivity index (χ3v) is 5.08. The summed E-state index contributed by atoms with van der Waals surface area (Å²) in [6, 6.07) is 15.0. The summed E-state index contributed by atoms with van der Waals surface area (Å²) in [5.41, 5.74) is 1.67. The minimum Gasteiger partial charge on any atom is -0.454 e. The highest BCUT2D eigenvalue weighted by atomic mass is 16.7. The third kappa shape index (κ3) is 3.89. The van der Waals surface area contributed by atoms with Crippen molar-refractivity contribution in [3.05, 3.63) is 59.7 Å². The second kappa shape index (κ2) is 7.70. The van der Waals surface area contributed by atoms with Crippen molar-refractivity contribution in [2.45, 2.75) is 19.4 Å². The van der Waals surface area contributed by atoms with E-state index >= 15 is 0 Å². The SMILES string of the molecule is O=C(NCc1ccc2c(c1)OCO2)C1CCN(C(=O)c2ccccc2)CC1. The Bertz CT molecular complexity index is 829. The molecule has 6 heteroatoms. The molecule has 0 unspecified atom stereocenters. The second-order valence-corrected chi connectivity index (χ2v) is 6.84. The standard InChI is InChI=1S/C21H22N2O4/c24-20(22-13-15-6-7-18-19(12-15)27-14-26-18)16-8-10-23(11-9-16)21(25)17-4-2-1-3-5-17/h1-7,12,16H,8-11,13-14H2,(H,22,24). The van der Waals surface area contributed by atoms with Gasteiger partial charge in [0.15, 0.2) is 11.5 Å². The Morgan fingerprint density at radius 1 is 1.00 bits per heavy atom. The molecule has 0 saturated carbocycles. The molecule has 2 heterocycles. The van der Waals surface area contributed by atoms with Crippen LogP contribution in [0.3, 0.4) is 0 Å². The Balaban J connectivity index is 1.27. The molecule has 1 fully saturated rings. The molecule has 0 atom stereocenters. The number of nitrogens with one attached hydrogen (secondary N) is 1. The summed E-state index contributed by atoms with van der Waals surface area (Å²) >= 11 is 0. The molecule has 2 aliphatic rings. The van der Waals surface area contributed by atoms with Gasteiger partial charge >= 0.3 is 0 Å². The Morgan fingerprint density at radius 3 is 2.52 bits per heavy atom. The van der Waals surface area contributed by atoms with Gasteiger partial charge in [-0.15, -0.1) is 0 Å². The first-order valence-corrected chi connectivity index (χ1v) is 9.21. The Hall–Kier alpha value is -3.02. The van der Waals surface area contributed by atoms with E-state index in [0.29, 0.717) is 38.0 Å². The smallest absolute Gasteiger partial charge is 0.253 e. The largest absolute Gasteiger partial charge is 0.454 e. The van der Waals surface area contributed by atoms with Crippen LogP contribution in [-0.4, -0.2) is 36.6 Å². The Labute approximate surface area is 158 Å². The van der Waals surface area contributed by atoms with Gasteiger partial charge in [-0.1, -0.05) is 24.3 Å². The van der Waals surface area contributed by atoms with Gasteiger partial charge in [0.25, 0.3) is 5.91 Å². The molecule has 2 aliphatic heterocycles. The predicted molar refractivity (Wildman–Crippen MR) is 99.5 cm³/mol. The summed E-state index contributed by atoms with van der Waals surface area (Å²) in [5, 5.41) is 3.00. The van der Waals surface area contributed by atoms with E-state index in [1.165, 1.54) is 0 Å². The summed E-state index contributed by atoms with van der Waals surface area (Å²) in [6.45, 7) is 1.91. The van der Waals surface area contributed by atoms with Crippen molar-refractivity contribution in [1.29, 1.82) is 0 Å². The average Bonchev–Trinajstić information content (AvgIpc) is 3.20. The molecule has 1 saturated heterocycles. The van der Waals surface area contributed by atoms with E-state index in [0.717, 1.165) is 17.1 Å². The fraction of sp³-hybridized carbons (Fsp3) is 0.333. The highest BCUT2D eigenvalue weighted by Crippen LogP contribution is 2.32. The summed E-state index contributed by atoms with van der Waals surface area (Å²) in [6.07, 6.45) is 1.37. The summed E-state index contributed by atoms with van der Waals surface area (Å²) < 4.78 is 10.7. The zero-order valence-electron chi connectivity index (χ0n) is 15.0. The molecule has 2 aromatic rings. The van der Waals surface area contributed by atoms with Gasteiger partial charge in [-0.3, -0.25) is 9.59 Å². The van der Waals surface area contributed by atoms with Gasteiger partial charge < -0.3 is 19.7 Å². The van der Waals surface area contributed by atoms with Crippen LogP contribution in [0.25, 0.3) is 0 Å². The van der Waals surface area contributed by atoms with E-state index in [2.05, 4.69) is 5.32 Å². The zero-order valence-corrected chi connectivity index (χ0v) is 15.0. The molecule has 2 aromatic carbocycles. The topological polar surface area (TPSA) is 67.9 Å². The molecule has 2 amide bonds. The lowest BCUT2D eigenvalue weighted by molar-refractivity contribution is -0.126. The van der Waals surface area contributed by atoms with Gasteiger partial charge in [0.2, 0.25) is 12.7 Å². The van der Waals surface area contributed by atoms with E-state index in [9.17, 15) is 9.59 Å². The number of amides is 2. The molecule has 27 heavy (non-hydrogen) atoms. The maximum absolute atomic E-state index is 12.5. The van der Waals surface area contributed by atoms with E-state index in [4.69, 9.17) is 9.47 Å². The van der Waals surface area contributed by atoms with Crippen LogP contribution in [0.4, 0.5) is 0 Å². The quantitative estimate of drug-likeness (QED) is 0.903. The van der Waals surface area contributed by atoms with Crippen LogP contribution in [0.2, 0.25) is 0 Å². The first-order valence-electron chi connectivity index (χ1n) is 9.21. The first-order chi connectivity index (χ1) is 13.2. The minimum absolute atomic E-state index is 0.0369. The van der Waals surface area contributed by atoms with Gasteiger partial charge in [-0.05, 0) is 42.7 Å². The molecule has 0 radical (unpaired) electrons. The zero-order chi connectivity index (χ0) is 18.6. The van der Waals surface area contributed by atoms with Crippen molar-refractivity contribution in [2.75, 3.05) is 19.9 Å². The lowest BCUT2D eigenvalue weighted by Gasteiger charge is -2.31. The van der Waals surface area contributed by atoms with Crippen LogP contribution in [0.15, 0.2) is 48.5 Å². The van der Waals surface area contributed by atoms with Gasteiger partial charge in [-0.2, -0.15) is 0 Å². The molecule has 1 N–H and O–H groups in total. The van der Waals surface area contributed by atoms with Crippen molar-refractivity contribution in [2.24, 2.45) is 5.92 Å². The van der Waals surface area contributed by atoms with Crippen molar-refractivity contribution in [3.8, 4) is 11.5 Å². The van der Waals surface area contributed by atoms with Crippen LogP contribution in [0.1, 0.15) is 28.8 Å². The number of benzene rings is 2. The van der Waals surface area contributed by atoms with Crippen molar-refractivity contribution >= 4 is 11.8 Å². The molecule has 4 rings (SSSR count). The first kappa shape index (κ1) is 17.4. The number of rotatable bonds is 4. The minimum atomic E-state index is -0.0566. The van der Waals surface area contributed by atoms with Crippen LogP contribution in [0.5, 0.6) is 11.5 Å². The van der Waals surface area contributed by atoms with Crippen LogP contribution < -0.4 is 14.8 Å². The van der Waals surface area contributed by atoms with Crippen molar-refractivity contribution < 1.29 is 19.1 Å². The number of carbonyl (C=O) groups is 2. The van der Waals surface area contributed by atoms with E-state index in [1.54, 1.807) is 0 Å². The van der Waals surface area contributed by atoms with Gasteiger partial charge in [0.05, 0.1) is 0 Å². The van der Waals surface area contributed by atoms with E-state index < -0.39 is 0 Å². The summed E-state index contributed by atoms with van der Waals surface area (Å²) in [5.74, 6) is 1.48. The molecular formula is C21H22N2O4. The predicted octanol–water partition coefficient (Wildman–Crippen LogP) is 2.58. The Morgan fingerprint density at radius 2 is 1.74 bits per heavy atom. The lowest BCUT2D eigenvalue weighted by atomic mass is 9.95. The summed E-state index contributed by atoms with van der Waals surface area (Å²) in [4.78, 5) is 26.8. The molecule has 0 bridgehead atoms. The fourth-order valence-corrected chi connectivity index (χ4v) is 3.49. The third-order valence-electron chi connectivity index (χ3n) is 5.08. The molecule has 0 aliphatic carbocycles. The normalized spacial score (nSPS) is 16.2. The number of carbonyl (C=O) groups excluding carboxylic acids is 2. The highest BCUT2D eigenvalue weighted by molar-refractivity contribution is 5.94. The maximum Gasteiger partial charge on any atom is 0.253 e. The van der Waals surface area contributed by atoms with E-state index in [-0.39, 0.29) is 24.5 Å². The second-order valence-electron chi connectivity index (χ2n) is 6.84. The van der Waals surface area contributed by atoms with E-state index in [1.807, 2.05) is 53.4 Å². The van der Waals surface area contributed by atoms with Crippen molar-refractivity contribution in [3.63, 3.8) is 0 Å². The molecule has 6 nitrogen and oxygen atoms in total. The molecule has 0 aromatic heterocycles. The fourth-order valence-electron chi connectivity index (χ4n) is 3.49. The summed E-state index contributed by atoms with van der Waals surface area (Å²) in [7, 11) is 0. The number of likely N-dealkylation sites (tertiary alicyclic amines) is 1. The Kier molecular flexibility index (Phi) is 4.96. The molecule has 0 spiro atoms. The van der Waals surface area contributed by atoms with Gasteiger partial charge in [0.1, 0.15) is 0 Å². The number of ether oxygens (including phenoxy) is 2. The van der Waals surface area contributed by atoms with Crippen LogP contribution >= 0.6 is 0 Å². The molecule has 140 valence electrons. The molecular weight excluding hydrogens is 344 g/mol. The monoisotopic (exact) mass is 366 g/mol. The number of fused-ring (bicyclic) bond motifs is 1.